The van der Waals surface area contributed by atoms with Crippen LogP contribution in [0.25, 0.3) is 0 Å². The number of carbonyl (C=O) groups excluding carboxylic acids is 1. The van der Waals surface area contributed by atoms with Crippen LogP contribution in [0.2, 0.25) is 10.0 Å². The third kappa shape index (κ3) is 6.75. The van der Waals surface area contributed by atoms with Crippen LogP contribution in [0.5, 0.6) is 5.75 Å². The molecule has 0 atom stereocenters. The molecule has 0 fully saturated rings. The van der Waals surface area contributed by atoms with E-state index in [0.29, 0.717) is 40.6 Å². The number of para-hydroxylation sites is 1. The Hall–Kier alpha value is -1.36. The second-order valence-electron chi connectivity index (χ2n) is 6.12. The molecule has 0 saturated heterocycles. The highest BCUT2D eigenvalue weighted by Gasteiger charge is 2.08. The number of rotatable bonds is 9. The van der Waals surface area contributed by atoms with Gasteiger partial charge in [0.1, 0.15) is 12.4 Å². The number of halogens is 2. The topological polar surface area (TPSA) is 38.3 Å². The summed E-state index contributed by atoms with van der Waals surface area (Å²) in [6, 6.07) is 13.4. The van der Waals surface area contributed by atoms with E-state index in [0.717, 1.165) is 11.3 Å². The Labute approximate surface area is 169 Å². The van der Waals surface area contributed by atoms with E-state index in [4.69, 9.17) is 27.9 Å². The number of nitrogens with one attached hydrogen (secondary N) is 1. The number of thioether (sulfide) groups is 1. The van der Waals surface area contributed by atoms with Crippen molar-refractivity contribution in [1.82, 2.24) is 5.32 Å². The van der Waals surface area contributed by atoms with Crippen LogP contribution >= 0.6 is 35.0 Å². The van der Waals surface area contributed by atoms with E-state index in [1.54, 1.807) is 12.1 Å². The molecule has 140 valence electrons. The van der Waals surface area contributed by atoms with Gasteiger partial charge in [0.25, 0.3) is 0 Å². The van der Waals surface area contributed by atoms with Crippen molar-refractivity contribution in [2.24, 2.45) is 0 Å². The van der Waals surface area contributed by atoms with Crippen molar-refractivity contribution in [1.29, 1.82) is 0 Å². The molecule has 26 heavy (non-hydrogen) atoms. The zero-order valence-electron chi connectivity index (χ0n) is 14.9. The second-order valence-corrected chi connectivity index (χ2v) is 7.95. The molecule has 2 aromatic rings. The first-order valence-corrected chi connectivity index (χ1v) is 10.4. The SMILES string of the molecule is CC(C)c1ccccc1OCCNC(=O)CSCc1ccc(Cl)cc1Cl. The van der Waals surface area contributed by atoms with Crippen LogP contribution in [0.4, 0.5) is 0 Å². The van der Waals surface area contributed by atoms with E-state index in [1.807, 2.05) is 24.3 Å². The Kier molecular flexibility index (Phi) is 8.63. The fourth-order valence-corrected chi connectivity index (χ4v) is 3.80. The molecule has 0 aliphatic rings. The number of hydrogen-bond donors (Lipinski definition) is 1. The normalized spacial score (nSPS) is 10.8. The van der Waals surface area contributed by atoms with Crippen molar-refractivity contribution in [2.45, 2.75) is 25.5 Å². The number of carbonyl (C=O) groups is 1. The molecule has 1 amide bonds. The molecule has 0 saturated carbocycles. The van der Waals surface area contributed by atoms with Gasteiger partial charge in [-0.05, 0) is 35.2 Å². The highest BCUT2D eigenvalue weighted by atomic mass is 35.5. The number of amides is 1. The molecule has 1 N–H and O–H groups in total. The maximum atomic E-state index is 11.9. The molecule has 2 rings (SSSR count). The van der Waals surface area contributed by atoms with E-state index < -0.39 is 0 Å². The van der Waals surface area contributed by atoms with Crippen LogP contribution < -0.4 is 10.1 Å². The van der Waals surface area contributed by atoms with Gasteiger partial charge in [0.2, 0.25) is 5.91 Å². The zero-order chi connectivity index (χ0) is 18.9. The first-order valence-electron chi connectivity index (χ1n) is 8.47. The summed E-state index contributed by atoms with van der Waals surface area (Å²) in [6.07, 6.45) is 0. The van der Waals surface area contributed by atoms with Gasteiger partial charge in [-0.1, -0.05) is 61.3 Å². The predicted molar refractivity (Wildman–Crippen MR) is 112 cm³/mol. The Bertz CT molecular complexity index is 738. The fourth-order valence-electron chi connectivity index (χ4n) is 2.38. The van der Waals surface area contributed by atoms with Gasteiger partial charge in [0, 0.05) is 15.8 Å². The van der Waals surface area contributed by atoms with E-state index >= 15 is 0 Å². The summed E-state index contributed by atoms with van der Waals surface area (Å²) < 4.78 is 5.80. The first kappa shape index (κ1) is 20.9. The lowest BCUT2D eigenvalue weighted by molar-refractivity contribution is -0.118. The summed E-state index contributed by atoms with van der Waals surface area (Å²) in [4.78, 5) is 11.9. The van der Waals surface area contributed by atoms with Crippen molar-refractivity contribution >= 4 is 40.9 Å². The largest absolute Gasteiger partial charge is 0.491 e. The molecule has 0 radical (unpaired) electrons. The standard InChI is InChI=1S/C20H23Cl2NO2S/c1-14(2)17-5-3-4-6-19(17)25-10-9-23-20(24)13-26-12-15-7-8-16(21)11-18(15)22/h3-8,11,14H,9-10,12-13H2,1-2H3,(H,23,24). The van der Waals surface area contributed by atoms with Crippen molar-refractivity contribution in [3.05, 3.63) is 63.6 Å². The number of benzene rings is 2. The van der Waals surface area contributed by atoms with Crippen LogP contribution in [0.3, 0.4) is 0 Å². The maximum Gasteiger partial charge on any atom is 0.230 e. The molecular formula is C20H23Cl2NO2S. The summed E-state index contributed by atoms with van der Waals surface area (Å²) in [7, 11) is 0. The van der Waals surface area contributed by atoms with Crippen LogP contribution in [0.15, 0.2) is 42.5 Å². The van der Waals surface area contributed by atoms with E-state index in [1.165, 1.54) is 17.3 Å². The molecule has 0 aromatic heterocycles. The quantitative estimate of drug-likeness (QED) is 0.549. The minimum absolute atomic E-state index is 0.0131. The average molecular weight is 412 g/mol. The fraction of sp³-hybridized carbons (Fsp3) is 0.350. The molecule has 2 aromatic carbocycles. The van der Waals surface area contributed by atoms with Crippen molar-refractivity contribution in [2.75, 3.05) is 18.9 Å². The van der Waals surface area contributed by atoms with Crippen LogP contribution in [0, 0.1) is 0 Å². The first-order chi connectivity index (χ1) is 12.5. The number of ether oxygens (including phenoxy) is 1. The molecule has 3 nitrogen and oxygen atoms in total. The summed E-state index contributed by atoms with van der Waals surface area (Å²) in [6.45, 7) is 5.19. The molecule has 6 heteroatoms. The highest BCUT2D eigenvalue weighted by Crippen LogP contribution is 2.26. The smallest absolute Gasteiger partial charge is 0.230 e. The molecule has 0 bridgehead atoms. The monoisotopic (exact) mass is 411 g/mol. The molecule has 0 unspecified atom stereocenters. The average Bonchev–Trinajstić information content (AvgIpc) is 2.61. The maximum absolute atomic E-state index is 11.9. The summed E-state index contributed by atoms with van der Waals surface area (Å²) >= 11 is 13.5. The molecular weight excluding hydrogens is 389 g/mol. The lowest BCUT2D eigenvalue weighted by Crippen LogP contribution is -2.29. The Morgan fingerprint density at radius 1 is 1.19 bits per heavy atom. The van der Waals surface area contributed by atoms with Gasteiger partial charge in [-0.15, -0.1) is 11.8 Å². The van der Waals surface area contributed by atoms with Gasteiger partial charge in [-0.2, -0.15) is 0 Å². The second kappa shape index (κ2) is 10.7. The molecule has 0 aliphatic carbocycles. The lowest BCUT2D eigenvalue weighted by atomic mass is 10.0. The van der Waals surface area contributed by atoms with E-state index in [9.17, 15) is 4.79 Å². The zero-order valence-corrected chi connectivity index (χ0v) is 17.3. The third-order valence-corrected chi connectivity index (χ3v) is 5.30. The van der Waals surface area contributed by atoms with Gasteiger partial charge in [0.15, 0.2) is 0 Å². The third-order valence-electron chi connectivity index (χ3n) is 3.73. The summed E-state index contributed by atoms with van der Waals surface area (Å²) in [5.74, 6) is 2.31. The Balaban J connectivity index is 1.66. The van der Waals surface area contributed by atoms with Crippen LogP contribution in [-0.2, 0) is 10.5 Å². The molecule has 0 heterocycles. The summed E-state index contributed by atoms with van der Waals surface area (Å²) in [5, 5.41) is 4.11. The predicted octanol–water partition coefficient (Wildman–Crippen LogP) is 5.55. The lowest BCUT2D eigenvalue weighted by Gasteiger charge is -2.14. The van der Waals surface area contributed by atoms with Crippen molar-refractivity contribution in [3.8, 4) is 5.75 Å². The van der Waals surface area contributed by atoms with Gasteiger partial charge in [-0.25, -0.2) is 0 Å². The minimum Gasteiger partial charge on any atom is -0.491 e. The van der Waals surface area contributed by atoms with Gasteiger partial charge in [0.05, 0.1) is 12.3 Å². The van der Waals surface area contributed by atoms with Crippen molar-refractivity contribution < 1.29 is 9.53 Å². The number of hydrogen-bond acceptors (Lipinski definition) is 3. The van der Waals surface area contributed by atoms with E-state index in [2.05, 4.69) is 25.2 Å². The Morgan fingerprint density at radius 2 is 1.96 bits per heavy atom. The van der Waals surface area contributed by atoms with Gasteiger partial charge < -0.3 is 10.1 Å². The van der Waals surface area contributed by atoms with Crippen LogP contribution in [-0.4, -0.2) is 24.8 Å². The Morgan fingerprint density at radius 3 is 2.69 bits per heavy atom. The summed E-state index contributed by atoms with van der Waals surface area (Å²) in [5.41, 5.74) is 2.15. The molecule has 0 spiro atoms. The molecule has 0 aliphatic heterocycles. The van der Waals surface area contributed by atoms with Gasteiger partial charge in [-0.3, -0.25) is 4.79 Å². The minimum atomic E-state index is -0.0131. The van der Waals surface area contributed by atoms with Gasteiger partial charge >= 0.3 is 0 Å². The van der Waals surface area contributed by atoms with Crippen LogP contribution in [0.1, 0.15) is 30.9 Å². The van der Waals surface area contributed by atoms with Crippen molar-refractivity contribution in [3.63, 3.8) is 0 Å². The highest BCUT2D eigenvalue weighted by molar-refractivity contribution is 7.99. The van der Waals surface area contributed by atoms with E-state index in [-0.39, 0.29) is 5.91 Å².